The van der Waals surface area contributed by atoms with Gasteiger partial charge < -0.3 is 15.5 Å². The van der Waals surface area contributed by atoms with Gasteiger partial charge >= 0.3 is 0 Å². The highest BCUT2D eigenvalue weighted by Crippen LogP contribution is 2.30. The number of carbonyl (C=O) groups is 2. The molecule has 1 fully saturated rings. The number of likely N-dealkylation sites (N-methyl/N-ethyl adjacent to an activating group) is 1. The fourth-order valence-corrected chi connectivity index (χ4v) is 3.30. The normalized spacial score (nSPS) is 17.0. The number of carbonyl (C=O) groups excluding carboxylic acids is 2. The molecule has 2 aromatic carbocycles. The summed E-state index contributed by atoms with van der Waals surface area (Å²) in [5.74, 6) is -0.287. The largest absolute Gasteiger partial charge is 0.330 e. The van der Waals surface area contributed by atoms with Crippen LogP contribution >= 0.6 is 11.6 Å². The molecule has 0 saturated carbocycles. The predicted molar refractivity (Wildman–Crippen MR) is 98.6 cm³/mol. The van der Waals surface area contributed by atoms with E-state index in [-0.39, 0.29) is 11.8 Å². The number of hydrogen-bond donors (Lipinski definition) is 1. The van der Waals surface area contributed by atoms with Crippen molar-refractivity contribution in [3.8, 4) is 0 Å². The lowest BCUT2D eigenvalue weighted by Crippen LogP contribution is -2.43. The van der Waals surface area contributed by atoms with Crippen molar-refractivity contribution in [1.82, 2.24) is 4.90 Å². The molecule has 1 atom stereocenters. The summed E-state index contributed by atoms with van der Waals surface area (Å²) in [7, 11) is 1.66. The van der Waals surface area contributed by atoms with Crippen LogP contribution in [0.1, 0.15) is 22.3 Å². The van der Waals surface area contributed by atoms with E-state index in [0.29, 0.717) is 35.8 Å². The summed E-state index contributed by atoms with van der Waals surface area (Å²) < 4.78 is 0. The van der Waals surface area contributed by atoms with Crippen LogP contribution in [0.2, 0.25) is 5.02 Å². The second-order valence-corrected chi connectivity index (χ2v) is 6.47. The van der Waals surface area contributed by atoms with Crippen LogP contribution in [-0.2, 0) is 11.3 Å². The highest BCUT2D eigenvalue weighted by Gasteiger charge is 2.37. The van der Waals surface area contributed by atoms with Crippen LogP contribution in [0, 0.1) is 0 Å². The molecule has 0 bridgehead atoms. The maximum atomic E-state index is 12.8. The highest BCUT2D eigenvalue weighted by atomic mass is 35.5. The molecule has 1 aliphatic rings. The Labute approximate surface area is 152 Å². The van der Waals surface area contributed by atoms with Crippen molar-refractivity contribution in [2.24, 2.45) is 5.73 Å². The van der Waals surface area contributed by atoms with Gasteiger partial charge in [0.05, 0.1) is 10.7 Å². The third-order valence-corrected chi connectivity index (χ3v) is 4.86. The average molecular weight is 358 g/mol. The van der Waals surface area contributed by atoms with Crippen LogP contribution in [0.5, 0.6) is 0 Å². The smallest absolute Gasteiger partial charge is 0.254 e. The number of hydrogen-bond acceptors (Lipinski definition) is 3. The van der Waals surface area contributed by atoms with E-state index in [9.17, 15) is 9.59 Å². The molecular weight excluding hydrogens is 338 g/mol. The second-order valence-electron chi connectivity index (χ2n) is 6.06. The Bertz CT molecular complexity index is 792. The summed E-state index contributed by atoms with van der Waals surface area (Å²) in [6.45, 7) is 0.967. The summed E-state index contributed by atoms with van der Waals surface area (Å²) in [6.07, 6.45) is 0.577. The standard InChI is InChI=1S/C19H20ClN3O2/c1-22(18(24)14-8-6-13(12-21)7-9-14)17-10-11-23(19(17)25)16-5-3-2-4-15(16)20/h2-9,17H,10-12,21H2,1H3. The first-order valence-electron chi connectivity index (χ1n) is 8.15. The number of para-hydroxylation sites is 1. The van der Waals surface area contributed by atoms with Gasteiger partial charge in [0, 0.05) is 25.7 Å². The zero-order chi connectivity index (χ0) is 18.0. The summed E-state index contributed by atoms with van der Waals surface area (Å²) in [5.41, 5.74) is 7.77. The molecule has 0 aromatic heterocycles. The molecule has 1 aliphatic heterocycles. The maximum Gasteiger partial charge on any atom is 0.254 e. The van der Waals surface area contributed by atoms with Crippen molar-refractivity contribution in [2.45, 2.75) is 19.0 Å². The Morgan fingerprint density at radius 1 is 1.24 bits per heavy atom. The van der Waals surface area contributed by atoms with Gasteiger partial charge in [0.1, 0.15) is 6.04 Å². The summed E-state index contributed by atoms with van der Waals surface area (Å²) in [6, 6.07) is 13.9. The van der Waals surface area contributed by atoms with Crippen LogP contribution in [-0.4, -0.2) is 36.3 Å². The lowest BCUT2D eigenvalue weighted by molar-refractivity contribution is -0.120. The van der Waals surface area contributed by atoms with Crippen molar-refractivity contribution in [3.05, 3.63) is 64.7 Å². The van der Waals surface area contributed by atoms with Crippen LogP contribution in [0.15, 0.2) is 48.5 Å². The minimum absolute atomic E-state index is 0.109. The van der Waals surface area contributed by atoms with Crippen LogP contribution in [0.3, 0.4) is 0 Å². The van der Waals surface area contributed by atoms with Crippen LogP contribution in [0.25, 0.3) is 0 Å². The molecule has 2 N–H and O–H groups in total. The van der Waals surface area contributed by atoms with Gasteiger partial charge in [-0.1, -0.05) is 35.9 Å². The zero-order valence-electron chi connectivity index (χ0n) is 14.0. The Morgan fingerprint density at radius 2 is 1.92 bits per heavy atom. The number of anilines is 1. The van der Waals surface area contributed by atoms with Gasteiger partial charge in [-0.2, -0.15) is 0 Å². The molecule has 130 valence electrons. The molecule has 2 amide bonds. The zero-order valence-corrected chi connectivity index (χ0v) is 14.7. The molecule has 0 aliphatic carbocycles. The Balaban J connectivity index is 1.76. The van der Waals surface area contributed by atoms with E-state index in [2.05, 4.69) is 0 Å². The number of nitrogens with zero attached hydrogens (tertiary/aromatic N) is 2. The van der Waals surface area contributed by atoms with Gasteiger partial charge in [0.25, 0.3) is 5.91 Å². The molecule has 0 spiro atoms. The molecule has 0 radical (unpaired) electrons. The van der Waals surface area contributed by atoms with E-state index >= 15 is 0 Å². The van der Waals surface area contributed by atoms with Gasteiger partial charge in [-0.25, -0.2) is 0 Å². The van der Waals surface area contributed by atoms with Gasteiger partial charge in [-0.05, 0) is 36.2 Å². The Hall–Kier alpha value is -2.37. The molecule has 2 aromatic rings. The minimum Gasteiger partial charge on any atom is -0.330 e. The molecule has 25 heavy (non-hydrogen) atoms. The van der Waals surface area contributed by atoms with Crippen LogP contribution < -0.4 is 10.6 Å². The lowest BCUT2D eigenvalue weighted by Gasteiger charge is -2.24. The van der Waals surface area contributed by atoms with Crippen molar-refractivity contribution in [3.63, 3.8) is 0 Å². The lowest BCUT2D eigenvalue weighted by atomic mass is 10.1. The molecule has 1 unspecified atom stereocenters. The molecule has 1 heterocycles. The molecule has 1 saturated heterocycles. The number of rotatable bonds is 4. The van der Waals surface area contributed by atoms with E-state index in [4.69, 9.17) is 17.3 Å². The van der Waals surface area contributed by atoms with E-state index in [0.717, 1.165) is 5.56 Å². The number of benzene rings is 2. The van der Waals surface area contributed by atoms with Crippen molar-refractivity contribution < 1.29 is 9.59 Å². The third kappa shape index (κ3) is 3.38. The first-order chi connectivity index (χ1) is 12.0. The summed E-state index contributed by atoms with van der Waals surface area (Å²) in [5, 5.41) is 0.530. The van der Waals surface area contributed by atoms with E-state index in [1.165, 1.54) is 4.90 Å². The number of halogens is 1. The van der Waals surface area contributed by atoms with Crippen molar-refractivity contribution in [1.29, 1.82) is 0 Å². The minimum atomic E-state index is -0.488. The maximum absolute atomic E-state index is 12.8. The van der Waals surface area contributed by atoms with Gasteiger partial charge in [0.15, 0.2) is 0 Å². The van der Waals surface area contributed by atoms with E-state index < -0.39 is 6.04 Å². The average Bonchev–Trinajstić information content (AvgIpc) is 3.02. The van der Waals surface area contributed by atoms with Crippen molar-refractivity contribution in [2.75, 3.05) is 18.5 Å². The van der Waals surface area contributed by atoms with Gasteiger partial charge in [-0.3, -0.25) is 9.59 Å². The molecular formula is C19H20ClN3O2. The second kappa shape index (κ2) is 7.25. The topological polar surface area (TPSA) is 66.6 Å². The monoisotopic (exact) mass is 357 g/mol. The first kappa shape index (κ1) is 17.5. The fourth-order valence-electron chi connectivity index (χ4n) is 3.06. The molecule has 3 rings (SSSR count). The van der Waals surface area contributed by atoms with Crippen LogP contribution in [0.4, 0.5) is 5.69 Å². The van der Waals surface area contributed by atoms with Crippen molar-refractivity contribution >= 4 is 29.1 Å². The summed E-state index contributed by atoms with van der Waals surface area (Å²) in [4.78, 5) is 28.6. The third-order valence-electron chi connectivity index (χ3n) is 4.54. The highest BCUT2D eigenvalue weighted by molar-refractivity contribution is 6.34. The first-order valence-corrected chi connectivity index (χ1v) is 8.53. The number of nitrogens with two attached hydrogens (primary N) is 1. The molecule has 6 heteroatoms. The Kier molecular flexibility index (Phi) is 5.06. The summed E-state index contributed by atoms with van der Waals surface area (Å²) >= 11 is 6.20. The van der Waals surface area contributed by atoms with E-state index in [1.54, 1.807) is 30.1 Å². The molecule has 5 nitrogen and oxygen atoms in total. The predicted octanol–water partition coefficient (Wildman–Crippen LogP) is 2.68. The Morgan fingerprint density at radius 3 is 2.56 bits per heavy atom. The number of amides is 2. The van der Waals surface area contributed by atoms with Gasteiger partial charge in [-0.15, -0.1) is 0 Å². The fraction of sp³-hybridized carbons (Fsp3) is 0.263. The quantitative estimate of drug-likeness (QED) is 0.914. The van der Waals surface area contributed by atoms with Gasteiger partial charge in [0.2, 0.25) is 5.91 Å². The SMILES string of the molecule is CN(C(=O)c1ccc(CN)cc1)C1CCN(c2ccccc2Cl)C1=O. The van der Waals surface area contributed by atoms with E-state index in [1.807, 2.05) is 30.3 Å².